The van der Waals surface area contributed by atoms with Gasteiger partial charge in [-0.05, 0) is 18.9 Å². The lowest BCUT2D eigenvalue weighted by atomic mass is 10.00. The minimum atomic E-state index is 0.373. The Bertz CT molecular complexity index is 108. The normalized spacial score (nSPS) is 20.7. The summed E-state index contributed by atoms with van der Waals surface area (Å²) in [5, 5.41) is 8.75. The van der Waals surface area contributed by atoms with Crippen molar-refractivity contribution in [2.24, 2.45) is 11.8 Å². The van der Waals surface area contributed by atoms with Gasteiger partial charge in [0.2, 0.25) is 0 Å². The van der Waals surface area contributed by atoms with Crippen LogP contribution >= 0.6 is 0 Å². The Labute approximate surface area is 69.2 Å². The maximum atomic E-state index is 8.75. The molecular weight excluding hydrogens is 138 g/mol. The largest absolute Gasteiger partial charge is 0.396 e. The molecule has 11 heavy (non-hydrogen) atoms. The molecule has 1 saturated heterocycles. The average molecular weight is 157 g/mol. The first-order chi connectivity index (χ1) is 5.22. The number of aliphatic hydroxyl groups excluding tert-OH is 1. The van der Waals surface area contributed by atoms with E-state index in [-0.39, 0.29) is 0 Å². The maximum Gasteiger partial charge on any atom is 0.0483 e. The molecule has 0 bridgehead atoms. The van der Waals surface area contributed by atoms with E-state index in [0.717, 1.165) is 19.0 Å². The predicted molar refractivity (Wildman–Crippen MR) is 46.5 cm³/mol. The summed E-state index contributed by atoms with van der Waals surface area (Å²) in [7, 11) is 0. The van der Waals surface area contributed by atoms with Crippen LogP contribution in [-0.2, 0) is 0 Å². The third-order valence-corrected chi connectivity index (χ3v) is 2.31. The molecule has 1 N–H and O–H groups in total. The second-order valence-corrected chi connectivity index (χ2v) is 3.99. The van der Waals surface area contributed by atoms with Crippen molar-refractivity contribution in [3.05, 3.63) is 0 Å². The van der Waals surface area contributed by atoms with Gasteiger partial charge in [-0.1, -0.05) is 13.8 Å². The lowest BCUT2D eigenvalue weighted by molar-refractivity contribution is 0.0507. The molecule has 0 unspecified atom stereocenters. The minimum absolute atomic E-state index is 0.373. The van der Waals surface area contributed by atoms with E-state index in [1.807, 2.05) is 0 Å². The second kappa shape index (κ2) is 4.07. The molecule has 1 heterocycles. The fourth-order valence-electron chi connectivity index (χ4n) is 1.42. The fourth-order valence-corrected chi connectivity index (χ4v) is 1.42. The lowest BCUT2D eigenvalue weighted by Crippen LogP contribution is -2.48. The zero-order valence-electron chi connectivity index (χ0n) is 7.58. The third-order valence-electron chi connectivity index (χ3n) is 2.31. The average Bonchev–Trinajstić information content (AvgIpc) is 1.84. The topological polar surface area (TPSA) is 23.5 Å². The molecule has 1 aliphatic rings. The Morgan fingerprint density at radius 1 is 1.45 bits per heavy atom. The van der Waals surface area contributed by atoms with Crippen molar-refractivity contribution >= 4 is 0 Å². The van der Waals surface area contributed by atoms with Crippen molar-refractivity contribution in [2.45, 2.75) is 20.3 Å². The Morgan fingerprint density at radius 2 is 2.09 bits per heavy atom. The SMILES string of the molecule is CC(C)CCN1CC(CO)C1. The van der Waals surface area contributed by atoms with Crippen LogP contribution in [0.3, 0.4) is 0 Å². The Kier molecular flexibility index (Phi) is 3.34. The molecule has 1 fully saturated rings. The van der Waals surface area contributed by atoms with Gasteiger partial charge in [-0.15, -0.1) is 0 Å². The first-order valence-electron chi connectivity index (χ1n) is 4.55. The van der Waals surface area contributed by atoms with E-state index in [9.17, 15) is 0 Å². The predicted octanol–water partition coefficient (Wildman–Crippen LogP) is 0.957. The maximum absolute atomic E-state index is 8.75. The van der Waals surface area contributed by atoms with E-state index < -0.39 is 0 Å². The van der Waals surface area contributed by atoms with Gasteiger partial charge in [0.05, 0.1) is 0 Å². The third kappa shape index (κ3) is 2.80. The fraction of sp³-hybridized carbons (Fsp3) is 1.00. The molecule has 1 aliphatic heterocycles. The summed E-state index contributed by atoms with van der Waals surface area (Å²) in [6.07, 6.45) is 1.29. The smallest absolute Gasteiger partial charge is 0.0483 e. The summed E-state index contributed by atoms with van der Waals surface area (Å²) >= 11 is 0. The van der Waals surface area contributed by atoms with Crippen LogP contribution in [0.1, 0.15) is 20.3 Å². The number of likely N-dealkylation sites (tertiary alicyclic amines) is 1. The van der Waals surface area contributed by atoms with Crippen LogP contribution in [0.25, 0.3) is 0 Å². The molecule has 1 rings (SSSR count). The first-order valence-corrected chi connectivity index (χ1v) is 4.55. The van der Waals surface area contributed by atoms with Crippen molar-refractivity contribution in [2.75, 3.05) is 26.2 Å². The highest BCUT2D eigenvalue weighted by Crippen LogP contribution is 2.15. The number of hydrogen-bond donors (Lipinski definition) is 1. The molecule has 0 saturated carbocycles. The van der Waals surface area contributed by atoms with E-state index in [0.29, 0.717) is 12.5 Å². The van der Waals surface area contributed by atoms with Gasteiger partial charge in [-0.25, -0.2) is 0 Å². The van der Waals surface area contributed by atoms with E-state index >= 15 is 0 Å². The van der Waals surface area contributed by atoms with Gasteiger partial charge in [-0.2, -0.15) is 0 Å². The van der Waals surface area contributed by atoms with Gasteiger partial charge in [0, 0.05) is 25.6 Å². The van der Waals surface area contributed by atoms with Crippen LogP contribution in [0.2, 0.25) is 0 Å². The summed E-state index contributed by atoms with van der Waals surface area (Å²) in [5.74, 6) is 1.38. The van der Waals surface area contributed by atoms with E-state index in [4.69, 9.17) is 5.11 Å². The Hall–Kier alpha value is -0.0800. The molecule has 0 amide bonds. The van der Waals surface area contributed by atoms with Gasteiger partial charge in [-0.3, -0.25) is 0 Å². The molecule has 2 heteroatoms. The zero-order valence-corrected chi connectivity index (χ0v) is 7.58. The summed E-state index contributed by atoms with van der Waals surface area (Å²) < 4.78 is 0. The number of aliphatic hydroxyl groups is 1. The van der Waals surface area contributed by atoms with Crippen LogP contribution in [0.4, 0.5) is 0 Å². The van der Waals surface area contributed by atoms with Gasteiger partial charge in [0.1, 0.15) is 0 Å². The molecule has 0 spiro atoms. The number of hydrogen-bond acceptors (Lipinski definition) is 2. The summed E-state index contributed by atoms with van der Waals surface area (Å²) in [6, 6.07) is 0. The van der Waals surface area contributed by atoms with Crippen molar-refractivity contribution in [1.82, 2.24) is 4.90 Å². The monoisotopic (exact) mass is 157 g/mol. The quantitative estimate of drug-likeness (QED) is 0.657. The molecule has 2 nitrogen and oxygen atoms in total. The standard InChI is InChI=1S/C9H19NO/c1-8(2)3-4-10-5-9(6-10)7-11/h8-9,11H,3-7H2,1-2H3. The highest BCUT2D eigenvalue weighted by atomic mass is 16.3. The highest BCUT2D eigenvalue weighted by molar-refractivity contribution is 4.78. The van der Waals surface area contributed by atoms with Crippen molar-refractivity contribution < 1.29 is 5.11 Å². The van der Waals surface area contributed by atoms with Crippen LogP contribution in [0, 0.1) is 11.8 Å². The van der Waals surface area contributed by atoms with Crippen molar-refractivity contribution in [3.63, 3.8) is 0 Å². The van der Waals surface area contributed by atoms with E-state index in [2.05, 4.69) is 18.7 Å². The number of nitrogens with zero attached hydrogens (tertiary/aromatic N) is 1. The van der Waals surface area contributed by atoms with E-state index in [1.54, 1.807) is 0 Å². The van der Waals surface area contributed by atoms with Gasteiger partial charge in [0.15, 0.2) is 0 Å². The molecule has 0 aromatic heterocycles. The molecule has 66 valence electrons. The Morgan fingerprint density at radius 3 is 2.55 bits per heavy atom. The van der Waals surface area contributed by atoms with Gasteiger partial charge in [0.25, 0.3) is 0 Å². The molecule has 0 atom stereocenters. The number of rotatable bonds is 4. The Balaban J connectivity index is 1.96. The van der Waals surface area contributed by atoms with Crippen LogP contribution in [-0.4, -0.2) is 36.2 Å². The highest BCUT2D eigenvalue weighted by Gasteiger charge is 2.24. The molecule has 0 aromatic carbocycles. The zero-order chi connectivity index (χ0) is 8.27. The van der Waals surface area contributed by atoms with Crippen molar-refractivity contribution in [3.8, 4) is 0 Å². The van der Waals surface area contributed by atoms with Crippen LogP contribution in [0.5, 0.6) is 0 Å². The lowest BCUT2D eigenvalue weighted by Gasteiger charge is -2.38. The summed E-state index contributed by atoms with van der Waals surface area (Å²) in [4.78, 5) is 2.42. The van der Waals surface area contributed by atoms with Gasteiger partial charge >= 0.3 is 0 Å². The van der Waals surface area contributed by atoms with Crippen LogP contribution < -0.4 is 0 Å². The molecular formula is C9H19NO. The summed E-state index contributed by atoms with van der Waals surface area (Å²) in [5.41, 5.74) is 0. The first kappa shape index (κ1) is 9.01. The van der Waals surface area contributed by atoms with Crippen molar-refractivity contribution in [1.29, 1.82) is 0 Å². The van der Waals surface area contributed by atoms with Crippen LogP contribution in [0.15, 0.2) is 0 Å². The molecule has 0 radical (unpaired) electrons. The molecule has 0 aromatic rings. The van der Waals surface area contributed by atoms with Gasteiger partial charge < -0.3 is 10.0 Å². The second-order valence-electron chi connectivity index (χ2n) is 3.99. The molecule has 0 aliphatic carbocycles. The minimum Gasteiger partial charge on any atom is -0.396 e. The van der Waals surface area contributed by atoms with E-state index in [1.165, 1.54) is 13.0 Å². The summed E-state index contributed by atoms with van der Waals surface area (Å²) in [6.45, 7) is 8.32.